The van der Waals surface area contributed by atoms with Crippen LogP contribution in [0, 0.1) is 12.7 Å². The van der Waals surface area contributed by atoms with Gasteiger partial charge in [-0.1, -0.05) is 24.3 Å². The van der Waals surface area contributed by atoms with Crippen molar-refractivity contribution in [3.63, 3.8) is 0 Å². The number of rotatable bonds is 3. The van der Waals surface area contributed by atoms with E-state index in [1.807, 2.05) is 0 Å². The van der Waals surface area contributed by atoms with Crippen LogP contribution in [0.5, 0.6) is 0 Å². The van der Waals surface area contributed by atoms with Crippen LogP contribution in [0.3, 0.4) is 0 Å². The summed E-state index contributed by atoms with van der Waals surface area (Å²) in [4.78, 5) is 0. The Morgan fingerprint density at radius 2 is 1.57 bits per heavy atom. The predicted molar refractivity (Wildman–Crippen MR) is 71.7 cm³/mol. The molecule has 3 N–H and O–H groups in total. The normalized spacial score (nSPS) is 13.2. The van der Waals surface area contributed by atoms with Gasteiger partial charge in [0, 0.05) is 0 Å². The zero-order valence-corrected chi connectivity index (χ0v) is 11.2. The molecule has 2 rings (SSSR count). The molecule has 0 heterocycles. The Kier molecular flexibility index (Phi) is 4.29. The fourth-order valence-electron chi connectivity index (χ4n) is 2.10. The van der Waals surface area contributed by atoms with Gasteiger partial charge in [0.1, 0.15) is 5.82 Å². The Morgan fingerprint density at radius 1 is 1.00 bits per heavy atom. The number of benzene rings is 2. The zero-order valence-electron chi connectivity index (χ0n) is 11.2. The smallest absolute Gasteiger partial charge is 0.271 e. The van der Waals surface area contributed by atoms with Crippen molar-refractivity contribution in [3.05, 3.63) is 70.5 Å². The monoisotopic (exact) mass is 298 g/mol. The first-order valence-corrected chi connectivity index (χ1v) is 6.22. The first-order valence-electron chi connectivity index (χ1n) is 6.22. The van der Waals surface area contributed by atoms with Crippen LogP contribution in [0.4, 0.5) is 17.6 Å². The number of halogens is 4. The minimum absolute atomic E-state index is 0.345. The molecule has 2 nitrogen and oxygen atoms in total. The number of alkyl halides is 3. The van der Waals surface area contributed by atoms with Gasteiger partial charge in [-0.05, 0) is 41.8 Å². The first-order chi connectivity index (χ1) is 9.82. The molecule has 21 heavy (non-hydrogen) atoms. The van der Waals surface area contributed by atoms with Crippen LogP contribution in [0.15, 0.2) is 42.5 Å². The summed E-state index contributed by atoms with van der Waals surface area (Å²) in [5, 5.41) is 0. The van der Waals surface area contributed by atoms with Crippen molar-refractivity contribution in [3.8, 4) is 0 Å². The molecule has 0 amide bonds. The highest BCUT2D eigenvalue weighted by atomic mass is 19.4. The van der Waals surface area contributed by atoms with E-state index in [9.17, 15) is 17.6 Å². The maximum atomic E-state index is 13.3. The fourth-order valence-corrected chi connectivity index (χ4v) is 2.10. The third-order valence-corrected chi connectivity index (χ3v) is 3.25. The number of hydrogen-bond donors (Lipinski definition) is 2. The molecule has 0 bridgehead atoms. The minimum Gasteiger partial charge on any atom is -0.271 e. The second-order valence-electron chi connectivity index (χ2n) is 4.73. The molecule has 0 aliphatic carbocycles. The quantitative estimate of drug-likeness (QED) is 0.515. The maximum absolute atomic E-state index is 13.3. The van der Waals surface area contributed by atoms with E-state index in [2.05, 4.69) is 5.43 Å². The summed E-state index contributed by atoms with van der Waals surface area (Å²) in [5.74, 6) is 5.14. The van der Waals surface area contributed by atoms with Gasteiger partial charge in [0.2, 0.25) is 0 Å². The summed E-state index contributed by atoms with van der Waals surface area (Å²) >= 11 is 0. The van der Waals surface area contributed by atoms with E-state index in [4.69, 9.17) is 5.84 Å². The Labute approximate surface area is 119 Å². The Bertz CT molecular complexity index is 621. The number of nitrogens with two attached hydrogens (primary N) is 1. The molecule has 0 aliphatic rings. The summed E-state index contributed by atoms with van der Waals surface area (Å²) in [6.45, 7) is 1.61. The van der Waals surface area contributed by atoms with Gasteiger partial charge in [0.05, 0.1) is 11.6 Å². The SMILES string of the molecule is Cc1cc(C(NN)c2ccc(C(F)(F)F)cc2)ccc1F. The van der Waals surface area contributed by atoms with Crippen LogP contribution >= 0.6 is 0 Å². The highest BCUT2D eigenvalue weighted by Crippen LogP contribution is 2.31. The lowest BCUT2D eigenvalue weighted by Crippen LogP contribution is -2.29. The molecule has 0 spiro atoms. The highest BCUT2D eigenvalue weighted by molar-refractivity contribution is 5.36. The van der Waals surface area contributed by atoms with E-state index in [1.165, 1.54) is 18.2 Å². The summed E-state index contributed by atoms with van der Waals surface area (Å²) in [5.41, 5.74) is 3.50. The van der Waals surface area contributed by atoms with Crippen molar-refractivity contribution in [2.24, 2.45) is 5.84 Å². The number of hydrazine groups is 1. The van der Waals surface area contributed by atoms with Crippen LogP contribution in [-0.2, 0) is 6.18 Å². The highest BCUT2D eigenvalue weighted by Gasteiger charge is 2.30. The molecule has 1 atom stereocenters. The van der Waals surface area contributed by atoms with E-state index >= 15 is 0 Å². The molecule has 0 aliphatic heterocycles. The van der Waals surface area contributed by atoms with E-state index in [0.717, 1.165) is 12.1 Å². The van der Waals surface area contributed by atoms with Gasteiger partial charge < -0.3 is 0 Å². The molecule has 2 aromatic carbocycles. The summed E-state index contributed by atoms with van der Waals surface area (Å²) < 4.78 is 50.9. The molecular weight excluding hydrogens is 284 g/mol. The fraction of sp³-hybridized carbons (Fsp3) is 0.200. The van der Waals surface area contributed by atoms with Gasteiger partial charge in [0.25, 0.3) is 0 Å². The molecule has 2 aromatic rings. The lowest BCUT2D eigenvalue weighted by Gasteiger charge is -2.18. The lowest BCUT2D eigenvalue weighted by molar-refractivity contribution is -0.137. The van der Waals surface area contributed by atoms with Gasteiger partial charge in [-0.15, -0.1) is 0 Å². The van der Waals surface area contributed by atoms with E-state index < -0.39 is 17.8 Å². The second-order valence-corrected chi connectivity index (χ2v) is 4.73. The van der Waals surface area contributed by atoms with Crippen molar-refractivity contribution in [2.45, 2.75) is 19.1 Å². The molecular formula is C15H14F4N2. The van der Waals surface area contributed by atoms with Gasteiger partial charge >= 0.3 is 6.18 Å². The third-order valence-electron chi connectivity index (χ3n) is 3.25. The van der Waals surface area contributed by atoms with Crippen LogP contribution in [0.1, 0.15) is 28.3 Å². The average Bonchev–Trinajstić information content (AvgIpc) is 2.43. The molecule has 0 radical (unpaired) electrons. The van der Waals surface area contributed by atoms with Crippen molar-refractivity contribution >= 4 is 0 Å². The van der Waals surface area contributed by atoms with Gasteiger partial charge in [-0.2, -0.15) is 13.2 Å². The Morgan fingerprint density at radius 3 is 2.05 bits per heavy atom. The van der Waals surface area contributed by atoms with E-state index in [-0.39, 0.29) is 5.82 Å². The van der Waals surface area contributed by atoms with Crippen LogP contribution in [0.2, 0.25) is 0 Å². The first kappa shape index (κ1) is 15.5. The predicted octanol–water partition coefficient (Wildman–Crippen LogP) is 3.71. The molecule has 1 unspecified atom stereocenters. The number of aryl methyl sites for hydroxylation is 1. The van der Waals surface area contributed by atoms with Crippen LogP contribution in [0.25, 0.3) is 0 Å². The molecule has 112 valence electrons. The zero-order chi connectivity index (χ0) is 15.6. The standard InChI is InChI=1S/C15H14F4N2/c1-9-8-11(4-7-13(9)16)14(21-20)10-2-5-12(6-3-10)15(17,18)19/h2-8,14,21H,20H2,1H3. The number of hydrogen-bond acceptors (Lipinski definition) is 2. The second kappa shape index (κ2) is 5.83. The van der Waals surface area contributed by atoms with Crippen molar-refractivity contribution in [1.82, 2.24) is 5.43 Å². The largest absolute Gasteiger partial charge is 0.416 e. The van der Waals surface area contributed by atoms with Crippen molar-refractivity contribution in [1.29, 1.82) is 0 Å². The van der Waals surface area contributed by atoms with Gasteiger partial charge in [-0.25, -0.2) is 9.82 Å². The molecule has 0 fully saturated rings. The Balaban J connectivity index is 2.35. The average molecular weight is 298 g/mol. The van der Waals surface area contributed by atoms with Crippen molar-refractivity contribution in [2.75, 3.05) is 0 Å². The minimum atomic E-state index is -4.38. The maximum Gasteiger partial charge on any atom is 0.416 e. The van der Waals surface area contributed by atoms with Crippen molar-refractivity contribution < 1.29 is 17.6 Å². The molecule has 0 saturated heterocycles. The summed E-state index contributed by atoms with van der Waals surface area (Å²) in [6.07, 6.45) is -4.38. The van der Waals surface area contributed by atoms with Gasteiger partial charge in [-0.3, -0.25) is 5.84 Å². The summed E-state index contributed by atoms with van der Waals surface area (Å²) in [6, 6.07) is 8.65. The van der Waals surface area contributed by atoms with Gasteiger partial charge in [0.15, 0.2) is 0 Å². The number of nitrogens with one attached hydrogen (secondary N) is 1. The molecule has 6 heteroatoms. The van der Waals surface area contributed by atoms with E-state index in [1.54, 1.807) is 19.1 Å². The molecule has 0 aromatic heterocycles. The summed E-state index contributed by atoms with van der Waals surface area (Å²) in [7, 11) is 0. The molecule has 0 saturated carbocycles. The topological polar surface area (TPSA) is 38.0 Å². The third kappa shape index (κ3) is 3.40. The Hall–Kier alpha value is -1.92. The van der Waals surface area contributed by atoms with Crippen LogP contribution < -0.4 is 11.3 Å². The lowest BCUT2D eigenvalue weighted by atomic mass is 9.97. The van der Waals surface area contributed by atoms with Crippen LogP contribution in [-0.4, -0.2) is 0 Å². The van der Waals surface area contributed by atoms with E-state index in [0.29, 0.717) is 16.7 Å².